The summed E-state index contributed by atoms with van der Waals surface area (Å²) in [5, 5.41) is 1.94. The van der Waals surface area contributed by atoms with Crippen molar-refractivity contribution in [3.8, 4) is 5.75 Å². The predicted molar refractivity (Wildman–Crippen MR) is 80.6 cm³/mol. The minimum absolute atomic E-state index is 0.0749. The summed E-state index contributed by atoms with van der Waals surface area (Å²) in [4.78, 5) is 16.1. The molecule has 0 aliphatic rings. The van der Waals surface area contributed by atoms with Crippen molar-refractivity contribution in [2.45, 2.75) is 13.5 Å². The van der Waals surface area contributed by atoms with Crippen molar-refractivity contribution in [2.24, 2.45) is 0 Å². The van der Waals surface area contributed by atoms with Gasteiger partial charge in [0.25, 0.3) is 0 Å². The Balaban J connectivity index is 1.91. The molecule has 3 rings (SSSR count). The highest BCUT2D eigenvalue weighted by atomic mass is 32.1. The molecular weight excluding hydrogens is 272 g/mol. The monoisotopic (exact) mass is 286 g/mol. The molecule has 20 heavy (non-hydrogen) atoms. The number of nitrogens with zero attached hydrogens (tertiary/aromatic N) is 2. The molecule has 3 aromatic heterocycles. The molecule has 5 heteroatoms. The SMILES string of the molecule is CCOc1ccc(Cn2ccc(=O)c3sccc32)nc1. The second-order valence-electron chi connectivity index (χ2n) is 4.36. The quantitative estimate of drug-likeness (QED) is 0.740. The van der Waals surface area contributed by atoms with E-state index in [1.165, 1.54) is 11.3 Å². The molecule has 3 heterocycles. The molecule has 0 atom stereocenters. The van der Waals surface area contributed by atoms with Crippen molar-refractivity contribution >= 4 is 21.6 Å². The summed E-state index contributed by atoms with van der Waals surface area (Å²) < 4.78 is 8.20. The first-order chi connectivity index (χ1) is 9.78. The van der Waals surface area contributed by atoms with Crippen LogP contribution in [0.3, 0.4) is 0 Å². The Morgan fingerprint density at radius 2 is 2.20 bits per heavy atom. The van der Waals surface area contributed by atoms with Gasteiger partial charge in [0.1, 0.15) is 5.75 Å². The van der Waals surface area contributed by atoms with E-state index in [4.69, 9.17) is 4.74 Å². The van der Waals surface area contributed by atoms with Gasteiger partial charge in [-0.2, -0.15) is 0 Å². The number of aromatic nitrogens is 2. The molecule has 0 N–H and O–H groups in total. The zero-order valence-corrected chi connectivity index (χ0v) is 11.9. The summed E-state index contributed by atoms with van der Waals surface area (Å²) >= 11 is 1.47. The fourth-order valence-electron chi connectivity index (χ4n) is 2.10. The van der Waals surface area contributed by atoms with Gasteiger partial charge in [-0.3, -0.25) is 9.78 Å². The maximum atomic E-state index is 11.7. The van der Waals surface area contributed by atoms with Crippen molar-refractivity contribution in [2.75, 3.05) is 6.61 Å². The lowest BCUT2D eigenvalue weighted by Gasteiger charge is -2.08. The number of pyridine rings is 2. The van der Waals surface area contributed by atoms with Gasteiger partial charge in [0.2, 0.25) is 0 Å². The van der Waals surface area contributed by atoms with Gasteiger partial charge in [-0.25, -0.2) is 0 Å². The van der Waals surface area contributed by atoms with Gasteiger partial charge in [0.15, 0.2) is 5.43 Å². The molecule has 0 radical (unpaired) electrons. The summed E-state index contributed by atoms with van der Waals surface area (Å²) in [6.07, 6.45) is 3.54. The summed E-state index contributed by atoms with van der Waals surface area (Å²) in [5.74, 6) is 0.775. The molecule has 0 unspecified atom stereocenters. The third-order valence-corrected chi connectivity index (χ3v) is 3.94. The van der Waals surface area contributed by atoms with Gasteiger partial charge in [-0.15, -0.1) is 11.3 Å². The third kappa shape index (κ3) is 2.44. The van der Waals surface area contributed by atoms with Crippen molar-refractivity contribution in [3.63, 3.8) is 0 Å². The molecule has 102 valence electrons. The molecule has 0 aliphatic carbocycles. The van der Waals surface area contributed by atoms with Crippen molar-refractivity contribution in [1.82, 2.24) is 9.55 Å². The molecule has 4 nitrogen and oxygen atoms in total. The van der Waals surface area contributed by atoms with Crippen molar-refractivity contribution < 1.29 is 4.74 Å². The van der Waals surface area contributed by atoms with E-state index in [-0.39, 0.29) is 5.43 Å². The first-order valence-electron chi connectivity index (χ1n) is 6.42. The van der Waals surface area contributed by atoms with Crippen LogP contribution in [0.25, 0.3) is 10.2 Å². The van der Waals surface area contributed by atoms with Gasteiger partial charge in [0.05, 0.1) is 35.3 Å². The number of hydrogen-bond acceptors (Lipinski definition) is 4. The summed E-state index contributed by atoms with van der Waals surface area (Å²) in [6.45, 7) is 3.22. The number of hydrogen-bond donors (Lipinski definition) is 0. The Labute approximate surface area is 120 Å². The van der Waals surface area contributed by atoms with E-state index in [1.807, 2.05) is 41.3 Å². The van der Waals surface area contributed by atoms with Crippen molar-refractivity contribution in [1.29, 1.82) is 0 Å². The fourth-order valence-corrected chi connectivity index (χ4v) is 2.92. The number of rotatable bonds is 4. The third-order valence-electron chi connectivity index (χ3n) is 3.02. The van der Waals surface area contributed by atoms with E-state index in [0.717, 1.165) is 21.7 Å². The minimum Gasteiger partial charge on any atom is -0.492 e. The van der Waals surface area contributed by atoms with Gasteiger partial charge >= 0.3 is 0 Å². The molecule has 3 aromatic rings. The molecule has 0 saturated heterocycles. The lowest BCUT2D eigenvalue weighted by Crippen LogP contribution is -2.07. The molecule has 0 amide bonds. The number of thiophene rings is 1. The highest BCUT2D eigenvalue weighted by Crippen LogP contribution is 2.18. The second kappa shape index (κ2) is 5.46. The highest BCUT2D eigenvalue weighted by molar-refractivity contribution is 7.17. The van der Waals surface area contributed by atoms with E-state index in [9.17, 15) is 4.79 Å². The van der Waals surface area contributed by atoms with Crippen LogP contribution in [-0.4, -0.2) is 16.2 Å². The average Bonchev–Trinajstić information content (AvgIpc) is 2.95. The predicted octanol–water partition coefficient (Wildman–Crippen LogP) is 2.91. The number of fused-ring (bicyclic) bond motifs is 1. The van der Waals surface area contributed by atoms with Gasteiger partial charge in [-0.1, -0.05) is 0 Å². The van der Waals surface area contributed by atoms with Crippen LogP contribution < -0.4 is 10.2 Å². The molecule has 0 bridgehead atoms. The van der Waals surface area contributed by atoms with Crippen LogP contribution in [0.5, 0.6) is 5.75 Å². The zero-order chi connectivity index (χ0) is 13.9. The Morgan fingerprint density at radius 3 is 2.95 bits per heavy atom. The van der Waals surface area contributed by atoms with Crippen LogP contribution in [0.1, 0.15) is 12.6 Å². The van der Waals surface area contributed by atoms with Crippen LogP contribution in [0.4, 0.5) is 0 Å². The molecular formula is C15H14N2O2S. The van der Waals surface area contributed by atoms with Crippen LogP contribution >= 0.6 is 11.3 Å². The van der Waals surface area contributed by atoms with Crippen LogP contribution in [0, 0.1) is 0 Å². The fraction of sp³-hybridized carbons (Fsp3) is 0.200. The van der Waals surface area contributed by atoms with E-state index >= 15 is 0 Å². The number of ether oxygens (including phenoxy) is 1. The zero-order valence-electron chi connectivity index (χ0n) is 11.1. The summed E-state index contributed by atoms with van der Waals surface area (Å²) in [7, 11) is 0. The Hall–Kier alpha value is -2.14. The lowest BCUT2D eigenvalue weighted by atomic mass is 10.3. The smallest absolute Gasteiger partial charge is 0.199 e. The van der Waals surface area contributed by atoms with Crippen LogP contribution in [0.15, 0.2) is 46.8 Å². The molecule has 0 aromatic carbocycles. The second-order valence-corrected chi connectivity index (χ2v) is 5.28. The van der Waals surface area contributed by atoms with E-state index < -0.39 is 0 Å². The maximum absolute atomic E-state index is 11.7. The maximum Gasteiger partial charge on any atom is 0.199 e. The van der Waals surface area contributed by atoms with Gasteiger partial charge in [0, 0.05) is 12.3 Å². The Bertz CT molecular complexity index is 774. The molecule has 0 fully saturated rings. The Kier molecular flexibility index (Phi) is 3.52. The van der Waals surface area contributed by atoms with Crippen LogP contribution in [0.2, 0.25) is 0 Å². The minimum atomic E-state index is 0.0749. The molecule has 0 spiro atoms. The highest BCUT2D eigenvalue weighted by Gasteiger charge is 2.05. The van der Waals surface area contributed by atoms with Gasteiger partial charge < -0.3 is 9.30 Å². The Morgan fingerprint density at radius 1 is 1.30 bits per heavy atom. The summed E-state index contributed by atoms with van der Waals surface area (Å²) in [5.41, 5.74) is 1.97. The molecule has 0 aliphatic heterocycles. The summed E-state index contributed by atoms with van der Waals surface area (Å²) in [6, 6.07) is 7.43. The van der Waals surface area contributed by atoms with E-state index in [0.29, 0.717) is 13.2 Å². The molecule has 0 saturated carbocycles. The standard InChI is InChI=1S/C15H14N2O2S/c1-2-19-12-4-3-11(16-9-12)10-17-7-5-14(18)15-13(17)6-8-20-15/h3-9H,2,10H2,1H3. The lowest BCUT2D eigenvalue weighted by molar-refractivity contribution is 0.338. The first-order valence-corrected chi connectivity index (χ1v) is 7.30. The average molecular weight is 286 g/mol. The van der Waals surface area contributed by atoms with Crippen molar-refractivity contribution in [3.05, 3.63) is 58.0 Å². The van der Waals surface area contributed by atoms with Crippen LogP contribution in [-0.2, 0) is 6.54 Å². The largest absolute Gasteiger partial charge is 0.492 e. The first kappa shape index (κ1) is 12.9. The topological polar surface area (TPSA) is 44.1 Å². The van der Waals surface area contributed by atoms with Gasteiger partial charge in [-0.05, 0) is 30.5 Å². The van der Waals surface area contributed by atoms with E-state index in [2.05, 4.69) is 4.98 Å². The van der Waals surface area contributed by atoms with E-state index in [1.54, 1.807) is 12.3 Å². The normalized spacial score (nSPS) is 10.8.